The minimum absolute atomic E-state index is 0.162. The van der Waals surface area contributed by atoms with E-state index in [0.717, 1.165) is 23.7 Å². The van der Waals surface area contributed by atoms with E-state index in [-0.39, 0.29) is 11.0 Å². The largest absolute Gasteiger partial charge is 0.346 e. The summed E-state index contributed by atoms with van der Waals surface area (Å²) >= 11 is 0. The van der Waals surface area contributed by atoms with Crippen LogP contribution in [0.2, 0.25) is 0 Å². The fraction of sp³-hybridized carbons (Fsp3) is 0.721. The van der Waals surface area contributed by atoms with Crippen LogP contribution in [0.1, 0.15) is 153 Å². The van der Waals surface area contributed by atoms with E-state index in [1.54, 1.807) is 11.4 Å². The Hall–Kier alpha value is -1.96. The van der Waals surface area contributed by atoms with Crippen LogP contribution in [0.5, 0.6) is 0 Å². The number of para-hydroxylation sites is 2. The van der Waals surface area contributed by atoms with Gasteiger partial charge in [-0.3, -0.25) is 0 Å². The highest BCUT2D eigenvalue weighted by molar-refractivity contribution is 5.76. The molecule has 2 heterocycles. The lowest BCUT2D eigenvalue weighted by molar-refractivity contribution is 0.00549. The van der Waals surface area contributed by atoms with Crippen molar-refractivity contribution in [3.63, 3.8) is 0 Å². The zero-order valence-corrected chi connectivity index (χ0v) is 28.8. The molecule has 4 aliphatic carbocycles. The summed E-state index contributed by atoms with van der Waals surface area (Å²) in [5, 5.41) is 0. The van der Waals surface area contributed by atoms with Crippen molar-refractivity contribution in [3.8, 4) is 0 Å². The summed E-state index contributed by atoms with van der Waals surface area (Å²) in [7, 11) is 0. The van der Waals surface area contributed by atoms with Gasteiger partial charge in [-0.05, 0) is 112 Å². The number of hydrogen-bond donors (Lipinski definition) is 0. The van der Waals surface area contributed by atoms with E-state index >= 15 is 0 Å². The van der Waals surface area contributed by atoms with E-state index in [1.165, 1.54) is 140 Å². The van der Waals surface area contributed by atoms with Crippen molar-refractivity contribution in [2.24, 2.45) is 23.7 Å². The van der Waals surface area contributed by atoms with E-state index in [0.29, 0.717) is 12.2 Å². The lowest BCUT2D eigenvalue weighted by atomic mass is 9.46. The zero-order chi connectivity index (χ0) is 30.4. The monoisotopic (exact) mass is 606 g/mol. The van der Waals surface area contributed by atoms with Gasteiger partial charge in [0.05, 0.1) is 11.6 Å². The Balaban J connectivity index is 1.44. The summed E-state index contributed by atoms with van der Waals surface area (Å²) in [4.78, 5) is 6.40. The van der Waals surface area contributed by atoms with Gasteiger partial charge >= 0.3 is 0 Å². The Morgan fingerprint density at radius 3 is 1.62 bits per heavy atom. The molecular weight excluding hydrogens is 544 g/mol. The van der Waals surface area contributed by atoms with Gasteiger partial charge in [0.2, 0.25) is 0 Å². The second kappa shape index (κ2) is 12.6. The van der Waals surface area contributed by atoms with Crippen LogP contribution in [0, 0.1) is 30.6 Å². The van der Waals surface area contributed by atoms with Gasteiger partial charge in [0.15, 0.2) is 0 Å². The molecule has 45 heavy (non-hydrogen) atoms. The highest BCUT2D eigenvalue weighted by atomic mass is 15.5. The maximum absolute atomic E-state index is 3.30. The molecule has 6 aliphatic rings. The van der Waals surface area contributed by atoms with Crippen molar-refractivity contribution in [3.05, 3.63) is 59.7 Å². The summed E-state index contributed by atoms with van der Waals surface area (Å²) in [5.41, 5.74) is 6.94. The molecule has 244 valence electrons. The Labute approximate surface area is 275 Å². The van der Waals surface area contributed by atoms with E-state index < -0.39 is 0 Å². The van der Waals surface area contributed by atoms with Crippen LogP contribution in [0.15, 0.2) is 48.5 Å². The standard InChI is InChI=1S/C43H62N2/c1-32-20-14-18-30-39(32)44-33(2)43(37-27-10-4-3-5-11-28-37)42(36-25-15-16-26-36,35-23-12-7-13-24-35)38-29-17-19-31-40(38)45(43)41(44)34-21-8-6-9-22-34/h14,17-20,29-31,33-37,41H,3-13,15-16,21-28H2,1-2H3/t33-,41?,42?,43?/m0/s1. The summed E-state index contributed by atoms with van der Waals surface area (Å²) in [6.45, 7) is 5.19. The summed E-state index contributed by atoms with van der Waals surface area (Å²) < 4.78 is 0. The van der Waals surface area contributed by atoms with E-state index in [9.17, 15) is 0 Å². The van der Waals surface area contributed by atoms with Crippen LogP contribution in [-0.2, 0) is 5.41 Å². The van der Waals surface area contributed by atoms with Gasteiger partial charge < -0.3 is 9.80 Å². The Morgan fingerprint density at radius 1 is 0.533 bits per heavy atom. The van der Waals surface area contributed by atoms with Crippen molar-refractivity contribution in [2.45, 2.75) is 172 Å². The van der Waals surface area contributed by atoms with Crippen molar-refractivity contribution < 1.29 is 0 Å². The molecule has 5 fully saturated rings. The van der Waals surface area contributed by atoms with Crippen molar-refractivity contribution in [1.82, 2.24) is 0 Å². The molecule has 4 atom stereocenters. The molecule has 0 bridgehead atoms. The molecule has 0 N–H and O–H groups in total. The van der Waals surface area contributed by atoms with Gasteiger partial charge in [0.25, 0.3) is 0 Å². The third-order valence-corrected chi connectivity index (χ3v) is 14.7. The topological polar surface area (TPSA) is 6.48 Å². The number of rotatable bonds is 5. The number of fused-ring (bicyclic) bond motifs is 3. The molecule has 1 saturated heterocycles. The maximum Gasteiger partial charge on any atom is 0.105 e. The minimum atomic E-state index is 0.162. The zero-order valence-electron chi connectivity index (χ0n) is 28.8. The quantitative estimate of drug-likeness (QED) is 0.334. The predicted molar refractivity (Wildman–Crippen MR) is 191 cm³/mol. The second-order valence-corrected chi connectivity index (χ2v) is 16.6. The van der Waals surface area contributed by atoms with Crippen LogP contribution in [0.4, 0.5) is 11.4 Å². The molecule has 2 aromatic rings. The molecule has 2 aliphatic heterocycles. The van der Waals surface area contributed by atoms with Gasteiger partial charge in [0.1, 0.15) is 6.17 Å². The Bertz CT molecular complexity index is 1290. The highest BCUT2D eigenvalue weighted by Gasteiger charge is 2.76. The number of aryl methyl sites for hydroxylation is 1. The normalized spacial score (nSPS) is 34.1. The molecule has 0 radical (unpaired) electrons. The third-order valence-electron chi connectivity index (χ3n) is 14.7. The van der Waals surface area contributed by atoms with E-state index in [2.05, 4.69) is 72.2 Å². The molecule has 2 heteroatoms. The molecule has 8 rings (SSSR count). The minimum Gasteiger partial charge on any atom is -0.346 e. The fourth-order valence-corrected chi connectivity index (χ4v) is 13.3. The first-order valence-electron chi connectivity index (χ1n) is 19.9. The second-order valence-electron chi connectivity index (χ2n) is 16.6. The maximum atomic E-state index is 3.30. The third kappa shape index (κ3) is 4.53. The van der Waals surface area contributed by atoms with Gasteiger partial charge in [0, 0.05) is 16.8 Å². The molecule has 0 aromatic heterocycles. The molecule has 2 aromatic carbocycles. The molecule has 3 unspecified atom stereocenters. The molecular formula is C43H62N2. The average Bonchev–Trinajstić information content (AvgIpc) is 3.76. The van der Waals surface area contributed by atoms with E-state index in [4.69, 9.17) is 0 Å². The molecule has 4 saturated carbocycles. The van der Waals surface area contributed by atoms with Crippen LogP contribution in [0.3, 0.4) is 0 Å². The number of benzene rings is 2. The summed E-state index contributed by atoms with van der Waals surface area (Å²) in [6.07, 6.45) is 30.7. The molecule has 0 amide bonds. The smallest absolute Gasteiger partial charge is 0.105 e. The highest BCUT2D eigenvalue weighted by Crippen LogP contribution is 2.72. The van der Waals surface area contributed by atoms with Crippen molar-refractivity contribution in [2.75, 3.05) is 9.80 Å². The number of hydrogen-bond acceptors (Lipinski definition) is 2. The molecule has 2 nitrogen and oxygen atoms in total. The van der Waals surface area contributed by atoms with Gasteiger partial charge in [-0.1, -0.05) is 120 Å². The van der Waals surface area contributed by atoms with E-state index in [1.807, 2.05) is 5.56 Å². The van der Waals surface area contributed by atoms with Crippen LogP contribution < -0.4 is 9.80 Å². The SMILES string of the molecule is Cc1ccccc1N1C(C2CCCCC2)N2c3ccccc3C(C3CCCCC3)(C3CCCC3)C2(C2CCCCCCC2)[C@@H]1C. The Morgan fingerprint density at radius 2 is 1.00 bits per heavy atom. The molecule has 0 spiro atoms. The first-order chi connectivity index (χ1) is 22.2. The Kier molecular flexibility index (Phi) is 8.49. The fourth-order valence-electron chi connectivity index (χ4n) is 13.3. The van der Waals surface area contributed by atoms with Crippen LogP contribution >= 0.6 is 0 Å². The van der Waals surface area contributed by atoms with Crippen LogP contribution in [0.25, 0.3) is 0 Å². The van der Waals surface area contributed by atoms with Gasteiger partial charge in [-0.2, -0.15) is 0 Å². The first-order valence-corrected chi connectivity index (χ1v) is 19.9. The van der Waals surface area contributed by atoms with Crippen molar-refractivity contribution in [1.29, 1.82) is 0 Å². The predicted octanol–water partition coefficient (Wildman–Crippen LogP) is 11.7. The lowest BCUT2D eigenvalue weighted by Crippen LogP contribution is -2.70. The summed E-state index contributed by atoms with van der Waals surface area (Å²) in [5.74, 6) is 3.15. The first kappa shape index (κ1) is 30.4. The van der Waals surface area contributed by atoms with Gasteiger partial charge in [-0.15, -0.1) is 0 Å². The number of anilines is 2. The van der Waals surface area contributed by atoms with Gasteiger partial charge in [-0.25, -0.2) is 0 Å². The summed E-state index contributed by atoms with van der Waals surface area (Å²) in [6, 6.07) is 20.3. The van der Waals surface area contributed by atoms with Crippen molar-refractivity contribution >= 4 is 11.4 Å². The lowest BCUT2D eigenvalue weighted by Gasteiger charge is -2.61. The number of nitrogens with zero attached hydrogens (tertiary/aromatic N) is 2. The van der Waals surface area contributed by atoms with Crippen LogP contribution in [-0.4, -0.2) is 17.7 Å². The average molecular weight is 607 g/mol.